The molecular formula is C12H7NS. The highest BCUT2D eigenvalue weighted by Crippen LogP contribution is 2.23. The van der Waals surface area contributed by atoms with E-state index >= 15 is 0 Å². The first-order valence-electron chi connectivity index (χ1n) is 4.24. The van der Waals surface area contributed by atoms with Crippen molar-refractivity contribution in [2.24, 2.45) is 0 Å². The lowest BCUT2D eigenvalue weighted by Crippen LogP contribution is -1.73. The molecule has 1 aromatic carbocycles. The van der Waals surface area contributed by atoms with Gasteiger partial charge in [0.05, 0.1) is 12.5 Å². The summed E-state index contributed by atoms with van der Waals surface area (Å²) in [5.41, 5.74) is 1.01. The van der Waals surface area contributed by atoms with Crippen molar-refractivity contribution < 1.29 is 0 Å². The van der Waals surface area contributed by atoms with E-state index in [4.69, 9.17) is 5.26 Å². The molecule has 0 saturated carbocycles. The number of nitriles is 1. The van der Waals surface area contributed by atoms with E-state index in [0.29, 0.717) is 6.42 Å². The van der Waals surface area contributed by atoms with Gasteiger partial charge in [0.25, 0.3) is 0 Å². The SMILES string of the molecule is N#CCC#Cc1cccc2sccc12. The summed E-state index contributed by atoms with van der Waals surface area (Å²) in [6.07, 6.45) is 0.292. The topological polar surface area (TPSA) is 23.8 Å². The molecule has 0 unspecified atom stereocenters. The van der Waals surface area contributed by atoms with Gasteiger partial charge in [-0.2, -0.15) is 5.26 Å². The largest absolute Gasteiger partial charge is 0.197 e. The first kappa shape index (κ1) is 8.81. The molecule has 0 aliphatic rings. The van der Waals surface area contributed by atoms with Gasteiger partial charge >= 0.3 is 0 Å². The zero-order valence-corrected chi connectivity index (χ0v) is 8.27. The highest BCUT2D eigenvalue weighted by Gasteiger charge is 1.97. The number of fused-ring (bicyclic) bond motifs is 1. The molecule has 2 heteroatoms. The van der Waals surface area contributed by atoms with Crippen molar-refractivity contribution in [3.05, 3.63) is 35.2 Å². The van der Waals surface area contributed by atoms with Crippen LogP contribution in [0.1, 0.15) is 12.0 Å². The summed E-state index contributed by atoms with van der Waals surface area (Å²) >= 11 is 1.71. The van der Waals surface area contributed by atoms with Crippen LogP contribution < -0.4 is 0 Å². The molecule has 14 heavy (non-hydrogen) atoms. The predicted molar refractivity (Wildman–Crippen MR) is 58.9 cm³/mol. The second-order valence-electron chi connectivity index (χ2n) is 2.77. The molecule has 0 bridgehead atoms. The van der Waals surface area contributed by atoms with Gasteiger partial charge in [0, 0.05) is 15.6 Å². The smallest absolute Gasteiger partial charge is 0.0966 e. The first-order valence-corrected chi connectivity index (χ1v) is 5.12. The maximum atomic E-state index is 8.37. The minimum atomic E-state index is 0.292. The van der Waals surface area contributed by atoms with Crippen LogP contribution >= 0.6 is 11.3 Å². The molecule has 0 saturated heterocycles. The Balaban J connectivity index is 2.49. The third-order valence-electron chi connectivity index (χ3n) is 1.89. The molecule has 66 valence electrons. The molecule has 0 aliphatic heterocycles. The zero-order valence-electron chi connectivity index (χ0n) is 7.45. The van der Waals surface area contributed by atoms with E-state index in [2.05, 4.69) is 29.4 Å². The summed E-state index contributed by atoms with van der Waals surface area (Å²) in [4.78, 5) is 0. The van der Waals surface area contributed by atoms with E-state index in [-0.39, 0.29) is 0 Å². The average molecular weight is 197 g/mol. The quantitative estimate of drug-likeness (QED) is 0.595. The molecule has 0 fully saturated rings. The van der Waals surface area contributed by atoms with Crippen LogP contribution in [0.3, 0.4) is 0 Å². The number of hydrogen-bond acceptors (Lipinski definition) is 2. The van der Waals surface area contributed by atoms with Crippen molar-refractivity contribution in [1.29, 1.82) is 5.26 Å². The van der Waals surface area contributed by atoms with Gasteiger partial charge < -0.3 is 0 Å². The number of hydrogen-bond donors (Lipinski definition) is 0. The van der Waals surface area contributed by atoms with Gasteiger partial charge in [-0.05, 0) is 23.6 Å². The summed E-state index contributed by atoms with van der Waals surface area (Å²) in [6.45, 7) is 0. The van der Waals surface area contributed by atoms with Crippen molar-refractivity contribution in [3.63, 3.8) is 0 Å². The van der Waals surface area contributed by atoms with Crippen molar-refractivity contribution >= 4 is 21.4 Å². The van der Waals surface area contributed by atoms with E-state index in [0.717, 1.165) is 5.56 Å². The van der Waals surface area contributed by atoms with Gasteiger partial charge in [-0.15, -0.1) is 11.3 Å². The standard InChI is InChI=1S/C12H7NS/c13-8-2-1-4-10-5-3-6-12-11(10)7-9-14-12/h3,5-7,9H,2H2. The molecular weight excluding hydrogens is 190 g/mol. The van der Waals surface area contributed by atoms with Crippen LogP contribution in [0.5, 0.6) is 0 Å². The maximum Gasteiger partial charge on any atom is 0.0966 e. The van der Waals surface area contributed by atoms with Gasteiger partial charge in [0.1, 0.15) is 0 Å². The van der Waals surface area contributed by atoms with Crippen molar-refractivity contribution in [2.45, 2.75) is 6.42 Å². The fraction of sp³-hybridized carbons (Fsp3) is 0.0833. The van der Waals surface area contributed by atoms with Crippen molar-refractivity contribution in [3.8, 4) is 17.9 Å². The summed E-state index contributed by atoms with van der Waals surface area (Å²) in [7, 11) is 0. The second-order valence-corrected chi connectivity index (χ2v) is 3.72. The maximum absolute atomic E-state index is 8.37. The number of benzene rings is 1. The molecule has 2 aromatic rings. The Kier molecular flexibility index (Phi) is 2.49. The van der Waals surface area contributed by atoms with Crippen LogP contribution in [-0.2, 0) is 0 Å². The lowest BCUT2D eigenvalue weighted by atomic mass is 10.1. The predicted octanol–water partition coefficient (Wildman–Crippen LogP) is 3.17. The van der Waals surface area contributed by atoms with Crippen LogP contribution in [0.4, 0.5) is 0 Å². The highest BCUT2D eigenvalue weighted by molar-refractivity contribution is 7.17. The van der Waals surface area contributed by atoms with Crippen LogP contribution in [0.2, 0.25) is 0 Å². The molecule has 0 radical (unpaired) electrons. The number of rotatable bonds is 0. The van der Waals surface area contributed by atoms with Crippen LogP contribution in [0, 0.1) is 23.2 Å². The molecule has 1 aromatic heterocycles. The summed E-state index contributed by atoms with van der Waals surface area (Å²) in [6, 6.07) is 10.1. The molecule has 0 aliphatic carbocycles. The van der Waals surface area contributed by atoms with Crippen molar-refractivity contribution in [2.75, 3.05) is 0 Å². The van der Waals surface area contributed by atoms with Gasteiger partial charge in [0.2, 0.25) is 0 Å². The fourth-order valence-electron chi connectivity index (χ4n) is 1.28. The van der Waals surface area contributed by atoms with Gasteiger partial charge in [-0.1, -0.05) is 17.9 Å². The van der Waals surface area contributed by atoms with E-state index in [1.54, 1.807) is 11.3 Å². The number of nitrogens with zero attached hydrogens (tertiary/aromatic N) is 1. The Morgan fingerprint density at radius 3 is 3.07 bits per heavy atom. The minimum Gasteiger partial charge on any atom is -0.197 e. The molecule has 2 rings (SSSR count). The first-order chi connectivity index (χ1) is 6.92. The third kappa shape index (κ3) is 1.62. The number of thiophene rings is 1. The van der Waals surface area contributed by atoms with E-state index in [1.807, 2.05) is 18.2 Å². The molecule has 0 atom stereocenters. The lowest BCUT2D eigenvalue weighted by Gasteiger charge is -1.92. The van der Waals surface area contributed by atoms with Crippen LogP contribution in [-0.4, -0.2) is 0 Å². The second kappa shape index (κ2) is 3.96. The monoisotopic (exact) mass is 197 g/mol. The van der Waals surface area contributed by atoms with Gasteiger partial charge in [-0.3, -0.25) is 0 Å². The Morgan fingerprint density at radius 1 is 1.29 bits per heavy atom. The Morgan fingerprint density at radius 2 is 2.21 bits per heavy atom. The van der Waals surface area contributed by atoms with Crippen molar-refractivity contribution in [1.82, 2.24) is 0 Å². The minimum absolute atomic E-state index is 0.292. The Bertz CT molecular complexity index is 549. The molecule has 0 amide bonds. The normalized spacial score (nSPS) is 9.07. The summed E-state index contributed by atoms with van der Waals surface area (Å²) < 4.78 is 1.24. The molecule has 0 spiro atoms. The Labute approximate surface area is 86.6 Å². The van der Waals surface area contributed by atoms with Crippen LogP contribution in [0.15, 0.2) is 29.6 Å². The van der Waals surface area contributed by atoms with E-state index in [1.165, 1.54) is 10.1 Å². The average Bonchev–Trinajstić information content (AvgIpc) is 2.67. The molecule has 0 N–H and O–H groups in total. The summed E-state index contributed by atoms with van der Waals surface area (Å²) in [5.74, 6) is 5.84. The molecule has 1 heterocycles. The van der Waals surface area contributed by atoms with Crippen LogP contribution in [0.25, 0.3) is 10.1 Å². The fourth-order valence-corrected chi connectivity index (χ4v) is 2.09. The molecule has 1 nitrogen and oxygen atoms in total. The van der Waals surface area contributed by atoms with E-state index < -0.39 is 0 Å². The van der Waals surface area contributed by atoms with Gasteiger partial charge in [-0.25, -0.2) is 0 Å². The zero-order chi connectivity index (χ0) is 9.80. The highest BCUT2D eigenvalue weighted by atomic mass is 32.1. The van der Waals surface area contributed by atoms with Gasteiger partial charge in [0.15, 0.2) is 0 Å². The van der Waals surface area contributed by atoms with E-state index in [9.17, 15) is 0 Å². The third-order valence-corrected chi connectivity index (χ3v) is 2.77. The Hall–Kier alpha value is -1.77. The summed E-state index contributed by atoms with van der Waals surface area (Å²) in [5, 5.41) is 11.6. The lowest BCUT2D eigenvalue weighted by molar-refractivity contribution is 1.40.